The maximum Gasteiger partial charge on any atom is 0.387 e. The first-order valence-corrected chi connectivity index (χ1v) is 14.7. The number of ether oxygens (including phenoxy) is 4. The zero-order valence-electron chi connectivity index (χ0n) is 23.7. The van der Waals surface area contributed by atoms with E-state index in [9.17, 15) is 23.6 Å². The number of esters is 1. The van der Waals surface area contributed by atoms with Crippen molar-refractivity contribution >= 4 is 35.5 Å². The number of alkyl halides is 2. The molecule has 1 heterocycles. The molecule has 0 unspecified atom stereocenters. The minimum atomic E-state index is -3.09. The molecule has 0 saturated heterocycles. The van der Waals surface area contributed by atoms with Crippen molar-refractivity contribution in [3.63, 3.8) is 0 Å². The summed E-state index contributed by atoms with van der Waals surface area (Å²) < 4.78 is 49.2. The van der Waals surface area contributed by atoms with Crippen LogP contribution in [0.3, 0.4) is 0 Å². The van der Waals surface area contributed by atoms with Gasteiger partial charge in [-0.25, -0.2) is 4.79 Å². The molecule has 234 valence electrons. The summed E-state index contributed by atoms with van der Waals surface area (Å²) in [5.74, 6) is -0.655. The number of hydrogen-bond donors (Lipinski definition) is 0. The fourth-order valence-corrected chi connectivity index (χ4v) is 5.15. The number of aromatic nitrogens is 1. The number of benzene rings is 3. The van der Waals surface area contributed by atoms with Crippen molar-refractivity contribution in [3.05, 3.63) is 122 Å². The highest BCUT2D eigenvalue weighted by Gasteiger charge is 2.28. The van der Waals surface area contributed by atoms with E-state index in [1.807, 2.05) is 30.3 Å². The summed E-state index contributed by atoms with van der Waals surface area (Å²) in [5.41, 5.74) is 1.57. The van der Waals surface area contributed by atoms with Crippen LogP contribution in [0.2, 0.25) is 10.0 Å². The molecule has 0 spiro atoms. The maximum absolute atomic E-state index is 13.8. The average Bonchev–Trinajstić information content (AvgIpc) is 3.85. The van der Waals surface area contributed by atoms with E-state index in [1.54, 1.807) is 0 Å². The quantitative estimate of drug-likeness (QED) is 0.0598. The van der Waals surface area contributed by atoms with Gasteiger partial charge in [-0.1, -0.05) is 65.7 Å². The largest absolute Gasteiger partial charge is 0.619 e. The van der Waals surface area contributed by atoms with Crippen molar-refractivity contribution in [3.8, 4) is 17.2 Å². The zero-order chi connectivity index (χ0) is 31.9. The van der Waals surface area contributed by atoms with E-state index in [0.717, 1.165) is 30.8 Å². The lowest BCUT2D eigenvalue weighted by Gasteiger charge is -2.22. The predicted molar refractivity (Wildman–Crippen MR) is 161 cm³/mol. The van der Waals surface area contributed by atoms with Gasteiger partial charge in [0.05, 0.1) is 12.2 Å². The van der Waals surface area contributed by atoms with E-state index in [2.05, 4.69) is 4.74 Å². The van der Waals surface area contributed by atoms with E-state index >= 15 is 0 Å². The molecule has 4 aromatic rings. The summed E-state index contributed by atoms with van der Waals surface area (Å²) in [5, 5.41) is 11.9. The van der Waals surface area contributed by atoms with Gasteiger partial charge in [0.2, 0.25) is 0 Å². The molecule has 0 aliphatic heterocycles. The summed E-state index contributed by atoms with van der Waals surface area (Å²) in [7, 11) is 0. The van der Waals surface area contributed by atoms with Crippen LogP contribution in [0.1, 0.15) is 56.4 Å². The summed E-state index contributed by atoms with van der Waals surface area (Å²) in [4.78, 5) is 25.7. The second-order valence-corrected chi connectivity index (χ2v) is 11.2. The normalized spacial score (nSPS) is 13.3. The van der Waals surface area contributed by atoms with Crippen molar-refractivity contribution < 1.29 is 42.0 Å². The predicted octanol–water partition coefficient (Wildman–Crippen LogP) is 7.55. The van der Waals surface area contributed by atoms with Crippen LogP contribution >= 0.6 is 23.2 Å². The Bertz CT molecular complexity index is 1650. The molecule has 1 saturated carbocycles. The first-order chi connectivity index (χ1) is 21.7. The number of hydrogen-bond acceptors (Lipinski definition) is 7. The van der Waals surface area contributed by atoms with E-state index in [0.29, 0.717) is 34.7 Å². The second-order valence-electron chi connectivity index (χ2n) is 10.3. The maximum atomic E-state index is 13.8. The number of aldehydes is 1. The Hall–Kier alpha value is -4.41. The number of carbonyl (C=O) groups excluding carboxylic acids is 2. The molecule has 45 heavy (non-hydrogen) atoms. The minimum Gasteiger partial charge on any atom is -0.619 e. The van der Waals surface area contributed by atoms with Gasteiger partial charge in [-0.05, 0) is 54.2 Å². The number of nitrogens with zero attached hydrogens (tertiary/aromatic N) is 1. The van der Waals surface area contributed by atoms with Crippen molar-refractivity contribution in [1.29, 1.82) is 0 Å². The van der Waals surface area contributed by atoms with E-state index in [4.69, 9.17) is 37.4 Å². The van der Waals surface area contributed by atoms with Gasteiger partial charge in [0.15, 0.2) is 30.2 Å². The summed E-state index contributed by atoms with van der Waals surface area (Å²) >= 11 is 12.7. The van der Waals surface area contributed by atoms with Gasteiger partial charge in [0.1, 0.15) is 34.1 Å². The van der Waals surface area contributed by atoms with Gasteiger partial charge in [-0.15, -0.1) is 0 Å². The monoisotopic (exact) mass is 657 g/mol. The SMILES string of the molecule is O=Cc1cccc(C(=O)O[C@@H](Cc2c(Cl)c[n+]([O-])cc2Cl)c2ccc(OC(F)F)c(OCC3CC3)c2)c1OCc1ccccc1. The summed E-state index contributed by atoms with van der Waals surface area (Å²) in [6, 6.07) is 17.9. The molecule has 1 fully saturated rings. The smallest absolute Gasteiger partial charge is 0.387 e. The molecule has 0 radical (unpaired) electrons. The molecule has 1 aliphatic rings. The fourth-order valence-electron chi connectivity index (χ4n) is 4.55. The van der Waals surface area contributed by atoms with Crippen LogP contribution in [0.15, 0.2) is 79.1 Å². The molecule has 1 atom stereocenters. The number of carbonyl (C=O) groups is 2. The lowest BCUT2D eigenvalue weighted by atomic mass is 10.0. The minimum absolute atomic E-state index is 0.0222. The average molecular weight is 658 g/mol. The Morgan fingerprint density at radius 3 is 2.38 bits per heavy atom. The highest BCUT2D eigenvalue weighted by atomic mass is 35.5. The van der Waals surface area contributed by atoms with E-state index in [-0.39, 0.29) is 51.4 Å². The molecule has 5 rings (SSSR count). The van der Waals surface area contributed by atoms with Crippen molar-refractivity contribution in [2.75, 3.05) is 6.61 Å². The third kappa shape index (κ3) is 8.40. The molecule has 1 aromatic heterocycles. The number of halogens is 4. The van der Waals surface area contributed by atoms with Crippen LogP contribution in [-0.2, 0) is 17.8 Å². The van der Waals surface area contributed by atoms with E-state index < -0.39 is 18.7 Å². The first kappa shape index (κ1) is 32.0. The Balaban J connectivity index is 1.50. The highest BCUT2D eigenvalue weighted by molar-refractivity contribution is 6.35. The Kier molecular flexibility index (Phi) is 10.4. The Morgan fingerprint density at radius 2 is 1.71 bits per heavy atom. The molecule has 0 bridgehead atoms. The first-order valence-electron chi connectivity index (χ1n) is 14.0. The standard InChI is InChI=1S/C33H27Cl2F2NO7/c34-26-15-38(41)16-27(35)25(26)14-29(22-11-12-28(45-33(36)37)30(13-22)42-18-21-9-10-21)44-32(40)24-8-4-7-23(17-39)31(24)43-19-20-5-2-1-3-6-20/h1-8,11-13,15-17,21,29,33H,9-10,14,18-19H2/t29-/m0/s1. The van der Waals surface area contributed by atoms with Crippen LogP contribution < -0.4 is 18.9 Å². The second kappa shape index (κ2) is 14.6. The number of pyridine rings is 1. The Labute approximate surface area is 267 Å². The summed E-state index contributed by atoms with van der Waals surface area (Å²) in [6.07, 6.45) is 3.49. The van der Waals surface area contributed by atoms with Gasteiger partial charge < -0.3 is 24.2 Å². The van der Waals surface area contributed by atoms with Crippen molar-refractivity contribution in [1.82, 2.24) is 0 Å². The third-order valence-electron chi connectivity index (χ3n) is 7.04. The lowest BCUT2D eigenvalue weighted by molar-refractivity contribution is -0.605. The van der Waals surface area contributed by atoms with Crippen LogP contribution in [0, 0.1) is 11.1 Å². The lowest BCUT2D eigenvalue weighted by Crippen LogP contribution is -2.25. The van der Waals surface area contributed by atoms with Crippen molar-refractivity contribution in [2.45, 2.75) is 38.6 Å². The molecule has 0 N–H and O–H groups in total. The van der Waals surface area contributed by atoms with Crippen LogP contribution in [0.4, 0.5) is 8.78 Å². The molecular weight excluding hydrogens is 631 g/mol. The van der Waals surface area contributed by atoms with E-state index in [1.165, 1.54) is 36.4 Å². The zero-order valence-corrected chi connectivity index (χ0v) is 25.2. The van der Waals surface area contributed by atoms with Crippen LogP contribution in [-0.4, -0.2) is 25.5 Å². The van der Waals surface area contributed by atoms with Gasteiger partial charge in [-0.3, -0.25) is 4.79 Å². The van der Waals surface area contributed by atoms with Gasteiger partial charge >= 0.3 is 12.6 Å². The highest BCUT2D eigenvalue weighted by Crippen LogP contribution is 2.38. The third-order valence-corrected chi connectivity index (χ3v) is 7.69. The van der Waals surface area contributed by atoms with Gasteiger partial charge in [0.25, 0.3) is 0 Å². The van der Waals surface area contributed by atoms with Crippen molar-refractivity contribution in [2.24, 2.45) is 5.92 Å². The molecule has 0 amide bonds. The number of para-hydroxylation sites is 1. The number of rotatable bonds is 14. The van der Waals surface area contributed by atoms with Crippen LogP contribution in [0.5, 0.6) is 17.2 Å². The molecule has 3 aromatic carbocycles. The van der Waals surface area contributed by atoms with Gasteiger partial charge in [-0.2, -0.15) is 13.5 Å². The van der Waals surface area contributed by atoms with Crippen LogP contribution in [0.25, 0.3) is 0 Å². The molecule has 8 nitrogen and oxygen atoms in total. The van der Waals surface area contributed by atoms with Gasteiger partial charge in [0, 0.05) is 12.0 Å². The fraction of sp³-hybridized carbons (Fsp3) is 0.242. The molecule has 1 aliphatic carbocycles. The molecule has 12 heteroatoms. The summed E-state index contributed by atoms with van der Waals surface area (Å²) in [6.45, 7) is -2.71. The Morgan fingerprint density at radius 1 is 0.978 bits per heavy atom. The molecular formula is C33H27Cl2F2NO7. The topological polar surface area (TPSA) is 98.0 Å².